The number of carbonyl (C=O) groups is 3. The second kappa shape index (κ2) is 27.8. The van der Waals surface area contributed by atoms with Crippen LogP contribution in [0.3, 0.4) is 0 Å². The molecule has 79 heavy (non-hydrogen) atoms. The summed E-state index contributed by atoms with van der Waals surface area (Å²) in [6.07, 6.45) is -8.59. The smallest absolute Gasteiger partial charge is 0.407 e. The number of carbonyl (C=O) groups excluding carboxylic acids is 3. The number of esters is 1. The molecule has 1 aromatic heterocycles. The topological polar surface area (TPSA) is 247 Å². The number of alkyl carbamates (subject to hydrolysis) is 2. The SMILES string of the molecule is CC[C@@H]1OC(=O)[C@H](C)[C@H](O[C@H]2C[C@@](C)(OC)[C@@H](OC(=O)NCc3cn(Cc4ccccc4)nn3)[C@H](C)O2)[C@H](C)[C@@H](O[C@@H]2O[C@H](C)C[C@H](N(C)C)[C@H]2O)[C@](C)(O)C[C@@H](C)CN(C)[C@@H](C)[C@H](OC(=O)NCCc2ccccc2)[C@]1(C)O. The lowest BCUT2D eigenvalue weighted by molar-refractivity contribution is -0.317. The van der Waals surface area contributed by atoms with Crippen molar-refractivity contribution in [1.82, 2.24) is 35.4 Å². The molecule has 0 radical (unpaired) electrons. The van der Waals surface area contributed by atoms with Crippen molar-refractivity contribution >= 4 is 18.2 Å². The predicted molar refractivity (Wildman–Crippen MR) is 293 cm³/mol. The minimum Gasteiger partial charge on any atom is -0.459 e. The van der Waals surface area contributed by atoms with Gasteiger partial charge in [-0.25, -0.2) is 14.3 Å². The number of likely N-dealkylation sites (N-methyl/N-ethyl adjacent to an activating group) is 2. The molecule has 21 nitrogen and oxygen atoms in total. The maximum absolute atomic E-state index is 15.0. The van der Waals surface area contributed by atoms with Gasteiger partial charge >= 0.3 is 18.2 Å². The Morgan fingerprint density at radius 2 is 1.49 bits per heavy atom. The lowest BCUT2D eigenvalue weighted by Crippen LogP contribution is -2.61. The molecule has 3 fully saturated rings. The number of benzene rings is 2. The lowest BCUT2D eigenvalue weighted by atomic mass is 9.77. The minimum atomic E-state index is -1.93. The number of aliphatic hydroxyl groups is 3. The number of hydrogen-bond acceptors (Lipinski definition) is 18. The number of rotatable bonds is 16. The van der Waals surface area contributed by atoms with Gasteiger partial charge in [-0.1, -0.05) is 86.6 Å². The quantitative estimate of drug-likeness (QED) is 0.0884. The summed E-state index contributed by atoms with van der Waals surface area (Å²) in [5.41, 5.74) is -2.21. The summed E-state index contributed by atoms with van der Waals surface area (Å²) in [5.74, 6) is -3.03. The minimum absolute atomic E-state index is 0.0129. The van der Waals surface area contributed by atoms with E-state index in [-0.39, 0.29) is 50.4 Å². The number of nitrogens with zero attached hydrogens (tertiary/aromatic N) is 5. The third-order valence-electron chi connectivity index (χ3n) is 16.3. The molecule has 0 saturated carbocycles. The molecule has 0 aliphatic carbocycles. The van der Waals surface area contributed by atoms with E-state index in [2.05, 4.69) is 20.9 Å². The Bertz CT molecular complexity index is 2380. The van der Waals surface area contributed by atoms with Crippen LogP contribution < -0.4 is 10.6 Å². The normalized spacial score (nSPS) is 36.3. The summed E-state index contributed by atoms with van der Waals surface area (Å²) in [7, 11) is 7.10. The average Bonchev–Trinajstić information content (AvgIpc) is 3.98. The largest absolute Gasteiger partial charge is 0.459 e. The van der Waals surface area contributed by atoms with Crippen molar-refractivity contribution in [2.75, 3.05) is 41.3 Å². The maximum Gasteiger partial charge on any atom is 0.407 e. The van der Waals surface area contributed by atoms with Crippen LogP contribution in [-0.2, 0) is 62.2 Å². The zero-order valence-electron chi connectivity index (χ0n) is 48.9. The van der Waals surface area contributed by atoms with Crippen LogP contribution in [0.2, 0.25) is 0 Å². The maximum atomic E-state index is 15.0. The average molecular weight is 1110 g/mol. The first-order valence-corrected chi connectivity index (χ1v) is 28.0. The van der Waals surface area contributed by atoms with Crippen molar-refractivity contribution in [3.63, 3.8) is 0 Å². The van der Waals surface area contributed by atoms with E-state index in [0.717, 1.165) is 11.1 Å². The lowest BCUT2D eigenvalue weighted by Gasteiger charge is -2.49. The van der Waals surface area contributed by atoms with Crippen molar-refractivity contribution < 1.29 is 67.6 Å². The number of aliphatic hydroxyl groups excluding tert-OH is 1. The number of methoxy groups -OCH3 is 1. The molecule has 18 atom stereocenters. The molecular formula is C58H91N7O14. The number of amides is 2. The second-order valence-electron chi connectivity index (χ2n) is 23.3. The molecular weight excluding hydrogens is 1020 g/mol. The second-order valence-corrected chi connectivity index (χ2v) is 23.3. The Morgan fingerprint density at radius 3 is 2.13 bits per heavy atom. The van der Waals surface area contributed by atoms with Crippen LogP contribution >= 0.6 is 0 Å². The summed E-state index contributed by atoms with van der Waals surface area (Å²) < 4.78 is 53.1. The van der Waals surface area contributed by atoms with Gasteiger partial charge in [0.25, 0.3) is 0 Å². The third-order valence-corrected chi connectivity index (χ3v) is 16.3. The molecule has 21 heteroatoms. The Kier molecular flexibility index (Phi) is 22.3. The van der Waals surface area contributed by atoms with Gasteiger partial charge in [0.15, 0.2) is 24.8 Å². The molecule has 442 valence electrons. The zero-order valence-corrected chi connectivity index (χ0v) is 48.9. The number of aromatic nitrogens is 3. The van der Waals surface area contributed by atoms with Crippen LogP contribution in [0.15, 0.2) is 66.9 Å². The molecule has 3 aliphatic rings. The van der Waals surface area contributed by atoms with Crippen molar-refractivity contribution in [3.05, 3.63) is 83.7 Å². The monoisotopic (exact) mass is 1110 g/mol. The molecule has 6 rings (SSSR count). The molecule has 3 saturated heterocycles. The van der Waals surface area contributed by atoms with Gasteiger partial charge in [-0.2, -0.15) is 0 Å². The van der Waals surface area contributed by atoms with Gasteiger partial charge in [0, 0.05) is 44.6 Å². The van der Waals surface area contributed by atoms with Gasteiger partial charge in [0.05, 0.1) is 55.2 Å². The van der Waals surface area contributed by atoms with Gasteiger partial charge in [-0.15, -0.1) is 5.10 Å². The number of hydrogen-bond donors (Lipinski definition) is 5. The van der Waals surface area contributed by atoms with E-state index in [1.165, 1.54) is 14.0 Å². The van der Waals surface area contributed by atoms with E-state index < -0.39 is 108 Å². The van der Waals surface area contributed by atoms with Crippen LogP contribution in [0.1, 0.15) is 112 Å². The summed E-state index contributed by atoms with van der Waals surface area (Å²) >= 11 is 0. The molecule has 2 aromatic carbocycles. The van der Waals surface area contributed by atoms with Crippen molar-refractivity contribution in [2.24, 2.45) is 17.8 Å². The highest BCUT2D eigenvalue weighted by Crippen LogP contribution is 2.41. The number of cyclic esters (lactones) is 1. The molecule has 0 spiro atoms. The van der Waals surface area contributed by atoms with Gasteiger partial charge in [0.1, 0.15) is 29.1 Å². The van der Waals surface area contributed by atoms with Gasteiger partial charge < -0.3 is 68.7 Å². The molecule has 3 aromatic rings. The van der Waals surface area contributed by atoms with Gasteiger partial charge in [-0.05, 0) is 112 Å². The molecule has 2 amide bonds. The Balaban J connectivity index is 1.29. The first-order valence-electron chi connectivity index (χ1n) is 28.0. The zero-order chi connectivity index (χ0) is 58.0. The highest BCUT2D eigenvalue weighted by molar-refractivity contribution is 5.73. The molecule has 5 N–H and O–H groups in total. The Hall–Kier alpha value is -4.81. The van der Waals surface area contributed by atoms with E-state index in [1.807, 2.05) is 112 Å². The highest BCUT2D eigenvalue weighted by Gasteiger charge is 2.54. The summed E-state index contributed by atoms with van der Waals surface area (Å²) in [4.78, 5) is 46.0. The fourth-order valence-corrected chi connectivity index (χ4v) is 11.8. The van der Waals surface area contributed by atoms with Crippen LogP contribution in [0, 0.1) is 17.8 Å². The summed E-state index contributed by atoms with van der Waals surface area (Å²) in [6, 6.07) is 18.5. The van der Waals surface area contributed by atoms with E-state index in [1.54, 1.807) is 52.4 Å². The van der Waals surface area contributed by atoms with Crippen molar-refractivity contribution in [1.29, 1.82) is 0 Å². The van der Waals surface area contributed by atoms with Crippen molar-refractivity contribution in [2.45, 2.75) is 205 Å². The Morgan fingerprint density at radius 1 is 0.861 bits per heavy atom. The van der Waals surface area contributed by atoms with Crippen LogP contribution in [0.5, 0.6) is 0 Å². The van der Waals surface area contributed by atoms with Gasteiger partial charge in [-0.3, -0.25) is 9.69 Å². The van der Waals surface area contributed by atoms with Gasteiger partial charge in [0.2, 0.25) is 0 Å². The predicted octanol–water partition coefficient (Wildman–Crippen LogP) is 5.45. The standard InChI is InChI=1S/C58H91N7O14/c1-15-45-58(10,71)50(78-54(68)59-27-26-41-22-18-16-19-23-41)39(6)64(13)32-35(2)29-56(8,70)49(77-53-47(66)44(63(11)12)28-36(3)73-53)37(4)48(38(5)52(67)75-45)76-46-30-57(9,72-14)51(40(7)74-46)79-55(69)60-31-43-34-65(62-61-43)33-42-24-20-17-21-25-42/h16-25,34-40,44-51,53,66,70-71H,15,26-33H2,1-14H3,(H,59,68)(H,60,69)/t35-,36-,37+,38-,39+,40+,44+,45+,46+,47-,48-,49-,50+,51+,53+,56-,57-,58-/m1/s1. The molecule has 3 aliphatic heterocycles. The number of nitrogens with one attached hydrogen (secondary N) is 2. The van der Waals surface area contributed by atoms with E-state index >= 15 is 0 Å². The van der Waals surface area contributed by atoms with Crippen LogP contribution in [0.25, 0.3) is 0 Å². The fourth-order valence-electron chi connectivity index (χ4n) is 11.8. The van der Waals surface area contributed by atoms with Crippen LogP contribution in [0.4, 0.5) is 9.59 Å². The third kappa shape index (κ3) is 16.4. The van der Waals surface area contributed by atoms with E-state index in [4.69, 9.17) is 37.9 Å². The van der Waals surface area contributed by atoms with Crippen LogP contribution in [-0.4, -0.2) is 190 Å². The Labute approximate surface area is 467 Å². The molecule has 4 heterocycles. The van der Waals surface area contributed by atoms with E-state index in [0.29, 0.717) is 31.6 Å². The van der Waals surface area contributed by atoms with E-state index in [9.17, 15) is 29.7 Å². The first-order chi connectivity index (χ1) is 37.3. The molecule has 0 unspecified atom stereocenters. The van der Waals surface area contributed by atoms with Crippen molar-refractivity contribution in [3.8, 4) is 0 Å². The molecule has 0 bridgehead atoms. The number of ether oxygens (including phenoxy) is 8. The fraction of sp³-hybridized carbons (Fsp3) is 0.707. The summed E-state index contributed by atoms with van der Waals surface area (Å²) in [6.45, 7) is 18.8. The highest BCUT2D eigenvalue weighted by atomic mass is 16.7. The first kappa shape index (κ1) is 63.4. The summed E-state index contributed by atoms with van der Waals surface area (Å²) in [5, 5.41) is 51.5.